The van der Waals surface area contributed by atoms with Crippen molar-refractivity contribution in [3.05, 3.63) is 139 Å². The maximum absolute atomic E-state index is 13.4. The second-order valence-electron chi connectivity index (χ2n) is 22.6. The number of nitrogens with one attached hydrogen (secondary N) is 1. The van der Waals surface area contributed by atoms with Crippen LogP contribution in [0.4, 0.5) is 4.79 Å². The number of fused-ring (bicyclic) bond motifs is 4. The third kappa shape index (κ3) is 14.4. The fourth-order valence-corrected chi connectivity index (χ4v) is 11.5. The molecule has 2 fully saturated rings. The summed E-state index contributed by atoms with van der Waals surface area (Å²) in [6.07, 6.45) is 4.62. The largest absolute Gasteiger partial charge is 0.486 e. The van der Waals surface area contributed by atoms with E-state index in [1.54, 1.807) is 12.1 Å². The Morgan fingerprint density at radius 2 is 1.07 bits per heavy atom. The number of nitrogens with zero attached hydrogens (tertiary/aromatic N) is 7. The van der Waals surface area contributed by atoms with Crippen LogP contribution in [0.3, 0.4) is 0 Å². The molecule has 81 heavy (non-hydrogen) atoms. The van der Waals surface area contributed by atoms with Gasteiger partial charge < -0.3 is 63.2 Å². The lowest BCUT2D eigenvalue weighted by Gasteiger charge is -2.39. The predicted molar refractivity (Wildman–Crippen MR) is 316 cm³/mol. The predicted octanol–water partition coefficient (Wildman–Crippen LogP) is 9.49. The van der Waals surface area contributed by atoms with Crippen molar-refractivity contribution in [2.45, 2.75) is 131 Å². The van der Waals surface area contributed by atoms with Gasteiger partial charge in [0.15, 0.2) is 23.0 Å². The zero-order valence-corrected chi connectivity index (χ0v) is 48.2. The lowest BCUT2D eigenvalue weighted by atomic mass is 9.99. The molecule has 0 bridgehead atoms. The Morgan fingerprint density at radius 1 is 0.617 bits per heavy atom. The Bertz CT molecular complexity index is 3370. The number of carbonyl (C=O) groups is 1. The van der Waals surface area contributed by atoms with Crippen LogP contribution in [0.1, 0.15) is 107 Å². The van der Waals surface area contributed by atoms with Crippen LogP contribution in [0.25, 0.3) is 21.8 Å². The quantitative estimate of drug-likeness (QED) is 0.0472. The Hall–Kier alpha value is -7.41. The van der Waals surface area contributed by atoms with Gasteiger partial charge in [0.05, 0.1) is 22.5 Å². The summed E-state index contributed by atoms with van der Waals surface area (Å²) in [7, 11) is 0. The Kier molecular flexibility index (Phi) is 19.0. The second kappa shape index (κ2) is 26.5. The minimum atomic E-state index is -0.603. The van der Waals surface area contributed by atoms with Crippen LogP contribution in [0.2, 0.25) is 0 Å². The summed E-state index contributed by atoms with van der Waals surface area (Å²) in [5, 5.41) is 31.6. The maximum Gasteiger partial charge on any atom is 0.410 e. The molecule has 0 aliphatic carbocycles. The number of aromatic nitrogens is 2. The van der Waals surface area contributed by atoms with Crippen molar-refractivity contribution in [3.63, 3.8) is 0 Å². The summed E-state index contributed by atoms with van der Waals surface area (Å²) in [6, 6.07) is 27.5. The fraction of sp³-hybridized carbons (Fsp3) is 0.476. The van der Waals surface area contributed by atoms with Gasteiger partial charge in [0.2, 0.25) is 0 Å². The highest BCUT2D eigenvalue weighted by molar-refractivity contribution is 6.11. The number of likely N-dealkylation sites (tertiary alicyclic amines) is 2. The number of rotatable bonds is 16. The molecule has 0 radical (unpaired) electrons. The molecular weight excluding hydrogens is 1030 g/mol. The van der Waals surface area contributed by atoms with Crippen LogP contribution in [0.5, 0.6) is 23.0 Å². The first-order valence-corrected chi connectivity index (χ1v) is 28.8. The van der Waals surface area contributed by atoms with Crippen LogP contribution in [-0.4, -0.2) is 135 Å². The molecule has 0 unspecified atom stereocenters. The van der Waals surface area contributed by atoms with Gasteiger partial charge in [-0.25, -0.2) is 4.79 Å². The first kappa shape index (κ1) is 58.3. The lowest BCUT2D eigenvalue weighted by Crippen LogP contribution is -2.49. The number of aryl methyl sites for hydroxylation is 2. The van der Waals surface area contributed by atoms with Gasteiger partial charge in [-0.15, -0.1) is 0 Å². The van der Waals surface area contributed by atoms with Gasteiger partial charge in [-0.1, -0.05) is 36.3 Å². The smallest absolute Gasteiger partial charge is 0.410 e. The molecule has 0 saturated carbocycles. The van der Waals surface area contributed by atoms with E-state index in [1.807, 2.05) is 117 Å². The van der Waals surface area contributed by atoms with E-state index in [4.69, 9.17) is 23.7 Å². The number of pyridine rings is 2. The zero-order chi connectivity index (χ0) is 57.2. The zero-order valence-electron chi connectivity index (χ0n) is 48.2. The van der Waals surface area contributed by atoms with Crippen LogP contribution in [0.15, 0.2) is 105 Å². The maximum atomic E-state index is 13.4. The molecule has 4 aliphatic rings. The normalized spacial score (nSPS) is 16.5. The molecular formula is C63H80N8O10. The second-order valence-corrected chi connectivity index (χ2v) is 22.6. The molecule has 0 atom stereocenters. The van der Waals surface area contributed by atoms with E-state index < -0.39 is 5.60 Å². The van der Waals surface area contributed by atoms with Crippen LogP contribution in [0, 0.1) is 13.8 Å². The Morgan fingerprint density at radius 3 is 1.54 bits per heavy atom. The molecule has 432 valence electrons. The number of piperidine rings is 2. The van der Waals surface area contributed by atoms with Crippen molar-refractivity contribution < 1.29 is 38.9 Å². The fourth-order valence-electron chi connectivity index (χ4n) is 11.5. The Labute approximate surface area is 474 Å². The van der Waals surface area contributed by atoms with Crippen LogP contribution in [-0.2, 0) is 30.9 Å². The first-order chi connectivity index (χ1) is 39.1. The van der Waals surface area contributed by atoms with E-state index in [0.717, 1.165) is 132 Å². The molecule has 18 heteroatoms. The van der Waals surface area contributed by atoms with Crippen molar-refractivity contribution in [1.82, 2.24) is 29.2 Å². The third-order valence-corrected chi connectivity index (χ3v) is 15.7. The summed E-state index contributed by atoms with van der Waals surface area (Å²) in [4.78, 5) is 45.9. The minimum Gasteiger partial charge on any atom is -0.486 e. The van der Waals surface area contributed by atoms with Gasteiger partial charge in [-0.05, 0) is 169 Å². The molecule has 6 heterocycles. The highest BCUT2D eigenvalue weighted by Gasteiger charge is 2.32. The number of hydrogen-bond donors (Lipinski definition) is 3. The van der Waals surface area contributed by atoms with Gasteiger partial charge in [-0.2, -0.15) is 0 Å². The monoisotopic (exact) mass is 1110 g/mol. The Balaban J connectivity index is 0.000000198. The summed E-state index contributed by atoms with van der Waals surface area (Å²) >= 11 is 0. The standard InChI is InChI=1S/C34H44N4O6.C29H36N4O4/c1-6-28(35-41)27-19-23(2)20-29-26(27)8-10-32(39)37(29)16-15-36-13-11-25(12-14-36)38(33(40)44-34(3,4)5)22-24-7-9-30-31(21-24)43-18-17-42-30;1-3-25(31-35)24-16-20(2)17-26-23(24)5-7-29(34)33(26)13-12-32-10-8-22(9-11-32)30-19-21-4-6-27-28(18-21)37-15-14-36-27/h7-10,19-21,25,41H,6,11-18,22H2,1-5H3;4-7,16-18,22,30,35H,3,8-15,19H2,1-2H3/b35-28-;31-25-. The van der Waals surface area contributed by atoms with Crippen molar-refractivity contribution in [2.24, 2.45) is 10.3 Å². The lowest BCUT2D eigenvalue weighted by molar-refractivity contribution is 0.00561. The molecule has 0 spiro atoms. The van der Waals surface area contributed by atoms with E-state index >= 15 is 0 Å². The van der Waals surface area contributed by atoms with E-state index in [1.165, 1.54) is 5.56 Å². The molecule has 2 aromatic heterocycles. The highest BCUT2D eigenvalue weighted by atomic mass is 16.6. The third-order valence-electron chi connectivity index (χ3n) is 15.7. The van der Waals surface area contributed by atoms with E-state index in [0.29, 0.717) is 88.7 Å². The van der Waals surface area contributed by atoms with Crippen molar-refractivity contribution in [1.29, 1.82) is 0 Å². The number of ether oxygens (including phenoxy) is 5. The average molecular weight is 1110 g/mol. The summed E-state index contributed by atoms with van der Waals surface area (Å²) in [5.41, 5.74) is 8.24. The van der Waals surface area contributed by atoms with Crippen molar-refractivity contribution in [2.75, 3.05) is 65.7 Å². The minimum absolute atomic E-state index is 0.000910. The van der Waals surface area contributed by atoms with Crippen LogP contribution < -0.4 is 35.4 Å². The number of amides is 1. The summed E-state index contributed by atoms with van der Waals surface area (Å²) in [5.74, 6) is 3.09. The van der Waals surface area contributed by atoms with Crippen molar-refractivity contribution in [3.8, 4) is 23.0 Å². The van der Waals surface area contributed by atoms with E-state index in [2.05, 4.69) is 43.6 Å². The molecule has 18 nitrogen and oxygen atoms in total. The number of benzene rings is 4. The molecule has 4 aromatic carbocycles. The number of carbonyl (C=O) groups excluding carboxylic acids is 1. The molecule has 1 amide bonds. The van der Waals surface area contributed by atoms with Gasteiger partial charge in [0, 0.05) is 98.5 Å². The van der Waals surface area contributed by atoms with Gasteiger partial charge in [-0.3, -0.25) is 9.59 Å². The number of oxime groups is 2. The molecule has 6 aromatic rings. The summed E-state index contributed by atoms with van der Waals surface area (Å²) in [6.45, 7) is 23.3. The molecule has 2 saturated heterocycles. The topological polar surface area (TPSA) is 194 Å². The molecule has 3 N–H and O–H groups in total. The average Bonchev–Trinajstić information content (AvgIpc) is 3.67. The van der Waals surface area contributed by atoms with Gasteiger partial charge in [0.25, 0.3) is 11.1 Å². The van der Waals surface area contributed by atoms with E-state index in [-0.39, 0.29) is 23.3 Å². The summed E-state index contributed by atoms with van der Waals surface area (Å²) < 4.78 is 32.3. The molecule has 4 aliphatic heterocycles. The van der Waals surface area contributed by atoms with Gasteiger partial charge in [0.1, 0.15) is 32.0 Å². The van der Waals surface area contributed by atoms with Gasteiger partial charge >= 0.3 is 6.09 Å². The SMILES string of the molecule is CC/C(=N/O)c1cc(C)cc2c1ccc(=O)n2CCN1CCC(N(Cc2ccc3c(c2)OCCO3)C(=O)OC(C)(C)C)CC1.CC/C(=N/O)c1cc(C)cc2c1ccc(=O)n2CCN1CCC(NCc2ccc3c(c2)OCCO3)CC1. The first-order valence-electron chi connectivity index (χ1n) is 28.8. The van der Waals surface area contributed by atoms with E-state index in [9.17, 15) is 24.8 Å². The van der Waals surface area contributed by atoms with Crippen LogP contribution >= 0.6 is 0 Å². The highest BCUT2D eigenvalue weighted by Crippen LogP contribution is 2.34. The number of hydrogen-bond acceptors (Lipinski definition) is 15. The van der Waals surface area contributed by atoms with Crippen molar-refractivity contribution >= 4 is 39.3 Å². The molecule has 10 rings (SSSR count).